The highest BCUT2D eigenvalue weighted by atomic mass is 14.8. The Hall–Kier alpha value is -6.71. The molecule has 3 heteroatoms. The molecule has 3 nitrogen and oxygen atoms in total. The van der Waals surface area contributed by atoms with Crippen molar-refractivity contribution in [3.8, 4) is 22.4 Å². The average Bonchev–Trinajstić information content (AvgIpc) is 3.67. The molecule has 0 saturated carbocycles. The average molecular weight is 737 g/mol. The maximum absolute atomic E-state index is 8.95. The molecule has 0 radical (unpaired) electrons. The smallest absolute Gasteiger partial charge is 0.0770 e. The van der Waals surface area contributed by atoms with Gasteiger partial charge in [0.1, 0.15) is 0 Å². The van der Waals surface area contributed by atoms with Gasteiger partial charge in [0.25, 0.3) is 0 Å². The molecule has 0 N–H and O–H groups in total. The van der Waals surface area contributed by atoms with Gasteiger partial charge < -0.3 is 0 Å². The number of nitrogens with zero attached hydrogens (tertiary/aromatic N) is 3. The van der Waals surface area contributed by atoms with Gasteiger partial charge in [-0.05, 0) is 148 Å². The summed E-state index contributed by atoms with van der Waals surface area (Å²) in [5, 5.41) is 4.92. The highest BCUT2D eigenvalue weighted by Gasteiger charge is 2.38. The highest BCUT2D eigenvalue weighted by molar-refractivity contribution is 6.11. The van der Waals surface area contributed by atoms with E-state index in [0.717, 1.165) is 44.9 Å². The second kappa shape index (κ2) is 13.5. The van der Waals surface area contributed by atoms with E-state index < -0.39 is 17.7 Å². The van der Waals surface area contributed by atoms with Crippen LogP contribution in [0.25, 0.3) is 43.9 Å². The Morgan fingerprint density at radius 2 is 1.12 bits per heavy atom. The summed E-state index contributed by atoms with van der Waals surface area (Å²) < 4.78 is 26.9. The zero-order valence-corrected chi connectivity index (χ0v) is 32.3. The largest absolute Gasteiger partial charge is 0.260 e. The quantitative estimate of drug-likeness (QED) is 0.153. The van der Waals surface area contributed by atoms with Crippen LogP contribution in [0.1, 0.15) is 74.0 Å². The minimum atomic E-state index is -2.44. The van der Waals surface area contributed by atoms with E-state index in [1.807, 2.05) is 79.9 Å². The number of aryl methyl sites for hydroxylation is 1. The lowest BCUT2D eigenvalue weighted by Crippen LogP contribution is -2.29. The molecule has 3 aromatic heterocycles. The maximum Gasteiger partial charge on any atom is 0.0770 e. The summed E-state index contributed by atoms with van der Waals surface area (Å²) in [6, 6.07) is 56.9. The minimum Gasteiger partial charge on any atom is -0.260 e. The van der Waals surface area contributed by atoms with Crippen LogP contribution in [0.5, 0.6) is 0 Å². The molecular formula is C54H43N3. The first-order valence-corrected chi connectivity index (χ1v) is 19.6. The van der Waals surface area contributed by atoms with Crippen LogP contribution in [0.15, 0.2) is 176 Å². The van der Waals surface area contributed by atoms with Crippen molar-refractivity contribution in [3.05, 3.63) is 232 Å². The lowest BCUT2D eigenvalue weighted by Gasteiger charge is -2.33. The van der Waals surface area contributed by atoms with Gasteiger partial charge in [-0.15, -0.1) is 0 Å². The molecule has 274 valence electrons. The number of rotatable bonds is 7. The molecule has 2 atom stereocenters. The fourth-order valence-electron chi connectivity index (χ4n) is 9.29. The van der Waals surface area contributed by atoms with E-state index in [2.05, 4.69) is 111 Å². The van der Waals surface area contributed by atoms with Crippen LogP contribution in [0.4, 0.5) is 0 Å². The standard InChI is InChI=1S/C54H43N3/c1-35-31-49(57-52(36(35)2)54(4,39-20-9-6-10-21-39)51-24-14-16-30-56-51)48-33-40(53(3,38-18-7-5-8-19-38)50-23-13-15-29-55-50)32-45-44-28-27-42-41-22-12-11-17-37(41)25-26-43(42)46(44)34-47(45)48/h5-33H,34H2,1-4H3/t53?,54-/m1/s1/i2D3. The Bertz CT molecular complexity index is 2990. The van der Waals surface area contributed by atoms with E-state index in [1.54, 1.807) is 6.20 Å². The summed E-state index contributed by atoms with van der Waals surface area (Å²) in [6.07, 6.45) is 4.34. The highest BCUT2D eigenvalue weighted by Crippen LogP contribution is 2.50. The third-order valence-electron chi connectivity index (χ3n) is 12.5. The van der Waals surface area contributed by atoms with Crippen LogP contribution < -0.4 is 0 Å². The number of fused-ring (bicyclic) bond motifs is 7. The number of aromatic nitrogens is 3. The number of pyridine rings is 3. The van der Waals surface area contributed by atoms with Gasteiger partial charge in [-0.2, -0.15) is 0 Å². The molecule has 6 aromatic carbocycles. The fraction of sp³-hybridized carbons (Fsp3) is 0.130. The van der Waals surface area contributed by atoms with Crippen LogP contribution in [0.2, 0.25) is 0 Å². The maximum atomic E-state index is 8.95. The van der Waals surface area contributed by atoms with Crippen molar-refractivity contribution < 1.29 is 4.11 Å². The molecule has 1 aliphatic rings. The van der Waals surface area contributed by atoms with Gasteiger partial charge in [0.15, 0.2) is 0 Å². The molecule has 0 saturated heterocycles. The third kappa shape index (κ3) is 5.44. The van der Waals surface area contributed by atoms with Crippen molar-refractivity contribution in [1.29, 1.82) is 0 Å². The van der Waals surface area contributed by atoms with Gasteiger partial charge in [-0.1, -0.05) is 121 Å². The van der Waals surface area contributed by atoms with E-state index in [0.29, 0.717) is 17.7 Å². The zero-order valence-electron chi connectivity index (χ0n) is 35.3. The van der Waals surface area contributed by atoms with Gasteiger partial charge in [0.05, 0.1) is 33.6 Å². The van der Waals surface area contributed by atoms with Crippen LogP contribution in [0.3, 0.4) is 0 Å². The van der Waals surface area contributed by atoms with E-state index in [9.17, 15) is 0 Å². The number of hydrogen-bond donors (Lipinski definition) is 0. The van der Waals surface area contributed by atoms with E-state index >= 15 is 0 Å². The Kier molecular flexibility index (Phi) is 7.46. The summed E-state index contributed by atoms with van der Waals surface area (Å²) in [5.41, 5.74) is 11.0. The fourth-order valence-corrected chi connectivity index (χ4v) is 9.29. The molecule has 10 rings (SSSR count). The molecule has 0 amide bonds. The molecule has 1 unspecified atom stereocenters. The Morgan fingerprint density at radius 3 is 1.81 bits per heavy atom. The Labute approximate surface area is 339 Å². The molecular weight excluding hydrogens is 691 g/mol. The van der Waals surface area contributed by atoms with Crippen molar-refractivity contribution in [2.45, 2.75) is 44.9 Å². The summed E-state index contributed by atoms with van der Waals surface area (Å²) >= 11 is 0. The second-order valence-corrected chi connectivity index (χ2v) is 15.7. The van der Waals surface area contributed by atoms with E-state index in [4.69, 9.17) is 19.1 Å². The molecule has 0 aliphatic heterocycles. The van der Waals surface area contributed by atoms with Crippen LogP contribution >= 0.6 is 0 Å². The van der Waals surface area contributed by atoms with Gasteiger partial charge in [0.2, 0.25) is 0 Å². The van der Waals surface area contributed by atoms with Crippen LogP contribution in [0, 0.1) is 13.8 Å². The van der Waals surface area contributed by atoms with Crippen LogP contribution in [-0.4, -0.2) is 15.0 Å². The van der Waals surface area contributed by atoms with Gasteiger partial charge in [-0.3, -0.25) is 15.0 Å². The normalized spacial score (nSPS) is 15.2. The van der Waals surface area contributed by atoms with Crippen molar-refractivity contribution in [1.82, 2.24) is 15.0 Å². The first-order chi connectivity index (χ1) is 29.1. The van der Waals surface area contributed by atoms with Crippen molar-refractivity contribution in [2.24, 2.45) is 0 Å². The molecule has 57 heavy (non-hydrogen) atoms. The van der Waals surface area contributed by atoms with E-state index in [-0.39, 0.29) is 5.56 Å². The monoisotopic (exact) mass is 736 g/mol. The lowest BCUT2D eigenvalue weighted by atomic mass is 9.71. The Balaban J connectivity index is 1.30. The van der Waals surface area contributed by atoms with Gasteiger partial charge in [0, 0.05) is 22.1 Å². The van der Waals surface area contributed by atoms with Crippen molar-refractivity contribution in [3.63, 3.8) is 0 Å². The SMILES string of the molecule is [2H]C([2H])([2H])c1c(C)cc(-c2cc(C(C)(c3ccccc3)c3ccccn3)cc3c2Cc2c-3ccc3c2ccc2ccccc23)nc1[C@](C)(c1ccccc1)c1ccccn1. The summed E-state index contributed by atoms with van der Waals surface area (Å²) in [7, 11) is 0. The van der Waals surface area contributed by atoms with Crippen LogP contribution in [-0.2, 0) is 17.3 Å². The third-order valence-corrected chi connectivity index (χ3v) is 12.5. The molecule has 1 aliphatic carbocycles. The number of hydrogen-bond acceptors (Lipinski definition) is 3. The predicted molar refractivity (Wildman–Crippen MR) is 235 cm³/mol. The summed E-state index contributed by atoms with van der Waals surface area (Å²) in [4.78, 5) is 15.5. The topological polar surface area (TPSA) is 38.7 Å². The van der Waals surface area contributed by atoms with Crippen molar-refractivity contribution in [2.75, 3.05) is 0 Å². The molecule has 0 fully saturated rings. The lowest BCUT2D eigenvalue weighted by molar-refractivity contribution is 0.635. The second-order valence-electron chi connectivity index (χ2n) is 15.7. The Morgan fingerprint density at radius 1 is 0.509 bits per heavy atom. The molecule has 9 aromatic rings. The zero-order chi connectivity index (χ0) is 41.2. The van der Waals surface area contributed by atoms with E-state index in [1.165, 1.54) is 38.2 Å². The summed E-state index contributed by atoms with van der Waals surface area (Å²) in [6.45, 7) is 3.79. The first-order valence-electron chi connectivity index (χ1n) is 21.1. The molecule has 0 spiro atoms. The van der Waals surface area contributed by atoms with Gasteiger partial charge >= 0.3 is 0 Å². The molecule has 3 heterocycles. The molecule has 0 bridgehead atoms. The van der Waals surface area contributed by atoms with Crippen molar-refractivity contribution >= 4 is 21.5 Å². The minimum absolute atomic E-state index is 0.250. The predicted octanol–water partition coefficient (Wildman–Crippen LogP) is 12.7. The summed E-state index contributed by atoms with van der Waals surface area (Å²) in [5.74, 6) is 0. The van der Waals surface area contributed by atoms with Gasteiger partial charge in [-0.25, -0.2) is 0 Å². The number of benzene rings is 6. The first kappa shape index (κ1) is 31.5.